The van der Waals surface area contributed by atoms with Crippen molar-refractivity contribution in [1.29, 1.82) is 0 Å². The number of fused-ring (bicyclic) bond motifs is 1. The summed E-state index contributed by atoms with van der Waals surface area (Å²) in [6.07, 6.45) is 1.11. The molecule has 4 atom stereocenters. The highest BCUT2D eigenvalue weighted by molar-refractivity contribution is 5.37. The third kappa shape index (κ3) is 2.20. The quantitative estimate of drug-likeness (QED) is 0.832. The Morgan fingerprint density at radius 1 is 1.11 bits per heavy atom. The maximum Gasteiger partial charge on any atom is 0.0459 e. The van der Waals surface area contributed by atoms with E-state index in [0.29, 0.717) is 18.1 Å². The van der Waals surface area contributed by atoms with E-state index in [2.05, 4.69) is 55.0 Å². The lowest BCUT2D eigenvalue weighted by Crippen LogP contribution is -2.58. The molecule has 1 heterocycles. The smallest absolute Gasteiger partial charge is 0.0459 e. The van der Waals surface area contributed by atoms with Crippen molar-refractivity contribution in [3.63, 3.8) is 0 Å². The fraction of sp³-hybridized carbons (Fsp3) is 0.625. The van der Waals surface area contributed by atoms with Crippen LogP contribution >= 0.6 is 0 Å². The lowest BCUT2D eigenvalue weighted by molar-refractivity contribution is 0.0296. The van der Waals surface area contributed by atoms with Gasteiger partial charge >= 0.3 is 0 Å². The second kappa shape index (κ2) is 4.89. The minimum atomic E-state index is 0.180. The van der Waals surface area contributed by atoms with Crippen LogP contribution in [0, 0.1) is 0 Å². The van der Waals surface area contributed by atoms with Crippen LogP contribution in [0.1, 0.15) is 31.0 Å². The first-order chi connectivity index (χ1) is 9.08. The van der Waals surface area contributed by atoms with Crippen LogP contribution in [0.4, 0.5) is 0 Å². The summed E-state index contributed by atoms with van der Waals surface area (Å²) in [7, 11) is 2.23. The molecule has 0 aromatic heterocycles. The molecule has 1 fully saturated rings. The number of hydrogen-bond acceptors (Lipinski definition) is 3. The number of nitrogens with two attached hydrogens (primary N) is 1. The summed E-state index contributed by atoms with van der Waals surface area (Å²) < 4.78 is 0. The highest BCUT2D eigenvalue weighted by atomic mass is 15.3. The molecule has 4 unspecified atom stereocenters. The molecule has 0 saturated carbocycles. The summed E-state index contributed by atoms with van der Waals surface area (Å²) in [6, 6.07) is 10.6. The first-order valence-electron chi connectivity index (χ1n) is 7.37. The Balaban J connectivity index is 1.78. The van der Waals surface area contributed by atoms with Gasteiger partial charge in [0, 0.05) is 37.3 Å². The van der Waals surface area contributed by atoms with Gasteiger partial charge in [0.15, 0.2) is 0 Å². The van der Waals surface area contributed by atoms with Crippen molar-refractivity contribution < 1.29 is 0 Å². The van der Waals surface area contributed by atoms with Crippen LogP contribution in [0.5, 0.6) is 0 Å². The maximum absolute atomic E-state index is 6.49. The molecule has 19 heavy (non-hydrogen) atoms. The number of likely N-dealkylation sites (N-methyl/N-ethyl adjacent to an activating group) is 1. The van der Waals surface area contributed by atoms with Crippen LogP contribution in [0.2, 0.25) is 0 Å². The van der Waals surface area contributed by atoms with Crippen LogP contribution in [0.3, 0.4) is 0 Å². The second-order valence-corrected chi connectivity index (χ2v) is 6.31. The Hall–Kier alpha value is -0.900. The topological polar surface area (TPSA) is 32.5 Å². The average molecular weight is 259 g/mol. The van der Waals surface area contributed by atoms with E-state index >= 15 is 0 Å². The van der Waals surface area contributed by atoms with Gasteiger partial charge < -0.3 is 5.73 Å². The second-order valence-electron chi connectivity index (χ2n) is 6.31. The van der Waals surface area contributed by atoms with Gasteiger partial charge in [0.05, 0.1) is 0 Å². The Labute approximate surface area is 116 Å². The predicted octanol–water partition coefficient (Wildman–Crippen LogP) is 1.64. The van der Waals surface area contributed by atoms with Crippen LogP contribution in [0.25, 0.3) is 0 Å². The van der Waals surface area contributed by atoms with E-state index in [1.165, 1.54) is 11.1 Å². The molecule has 3 rings (SSSR count). The van der Waals surface area contributed by atoms with E-state index in [9.17, 15) is 0 Å². The van der Waals surface area contributed by atoms with Gasteiger partial charge in [0.2, 0.25) is 0 Å². The molecular weight excluding hydrogens is 234 g/mol. The molecule has 0 amide bonds. The molecule has 3 nitrogen and oxygen atoms in total. The fourth-order valence-corrected chi connectivity index (χ4v) is 3.68. The highest BCUT2D eigenvalue weighted by Gasteiger charge is 2.37. The van der Waals surface area contributed by atoms with E-state index in [1.54, 1.807) is 0 Å². The number of piperazine rings is 1. The number of benzene rings is 1. The van der Waals surface area contributed by atoms with Gasteiger partial charge in [-0.2, -0.15) is 0 Å². The maximum atomic E-state index is 6.49. The molecule has 1 aliphatic carbocycles. The van der Waals surface area contributed by atoms with Crippen molar-refractivity contribution in [3.05, 3.63) is 35.4 Å². The first-order valence-corrected chi connectivity index (χ1v) is 7.37. The van der Waals surface area contributed by atoms with E-state index in [4.69, 9.17) is 5.73 Å². The molecule has 1 aromatic carbocycles. The van der Waals surface area contributed by atoms with Gasteiger partial charge in [-0.15, -0.1) is 0 Å². The van der Waals surface area contributed by atoms with Gasteiger partial charge in [0.25, 0.3) is 0 Å². The minimum absolute atomic E-state index is 0.180. The van der Waals surface area contributed by atoms with E-state index in [0.717, 1.165) is 19.5 Å². The largest absolute Gasteiger partial charge is 0.323 e. The van der Waals surface area contributed by atoms with Gasteiger partial charge in [-0.25, -0.2) is 0 Å². The molecule has 2 N–H and O–H groups in total. The van der Waals surface area contributed by atoms with Gasteiger partial charge in [-0.05, 0) is 38.4 Å². The summed E-state index contributed by atoms with van der Waals surface area (Å²) >= 11 is 0. The molecule has 1 saturated heterocycles. The standard InChI is InChI=1S/C16H25N3/c1-11-9-19(10-12(2)18(11)3)15-8-13-6-4-5-7-14(13)16(15)17/h4-7,11-12,15-16H,8-10,17H2,1-3H3. The normalized spacial score (nSPS) is 36.4. The van der Waals surface area contributed by atoms with E-state index < -0.39 is 0 Å². The average Bonchev–Trinajstić information content (AvgIpc) is 2.73. The van der Waals surface area contributed by atoms with E-state index in [-0.39, 0.29) is 6.04 Å². The van der Waals surface area contributed by atoms with Crippen LogP contribution < -0.4 is 5.73 Å². The monoisotopic (exact) mass is 259 g/mol. The molecule has 2 aliphatic rings. The third-order valence-electron chi connectivity index (χ3n) is 5.11. The molecule has 0 spiro atoms. The first kappa shape index (κ1) is 13.1. The molecular formula is C16H25N3. The molecule has 104 valence electrons. The van der Waals surface area contributed by atoms with Crippen molar-refractivity contribution in [2.45, 2.75) is 44.4 Å². The summed E-state index contributed by atoms with van der Waals surface area (Å²) in [5.41, 5.74) is 9.29. The Kier molecular flexibility index (Phi) is 3.37. The van der Waals surface area contributed by atoms with Crippen molar-refractivity contribution in [2.24, 2.45) is 5.73 Å². The third-order valence-corrected chi connectivity index (χ3v) is 5.11. The van der Waals surface area contributed by atoms with Crippen LogP contribution in [0.15, 0.2) is 24.3 Å². The Morgan fingerprint density at radius 3 is 2.37 bits per heavy atom. The number of hydrogen-bond donors (Lipinski definition) is 1. The van der Waals surface area contributed by atoms with Gasteiger partial charge in [-0.1, -0.05) is 24.3 Å². The molecule has 0 bridgehead atoms. The molecule has 3 heteroatoms. The zero-order valence-corrected chi connectivity index (χ0v) is 12.2. The zero-order valence-electron chi connectivity index (χ0n) is 12.2. The molecule has 1 aromatic rings. The van der Waals surface area contributed by atoms with Crippen molar-refractivity contribution in [1.82, 2.24) is 9.80 Å². The Bertz CT molecular complexity index is 447. The highest BCUT2D eigenvalue weighted by Crippen LogP contribution is 2.34. The van der Waals surface area contributed by atoms with Crippen molar-refractivity contribution >= 4 is 0 Å². The van der Waals surface area contributed by atoms with Crippen LogP contribution in [-0.4, -0.2) is 48.1 Å². The summed E-state index contributed by atoms with van der Waals surface area (Å²) in [5.74, 6) is 0. The fourth-order valence-electron chi connectivity index (χ4n) is 3.68. The lowest BCUT2D eigenvalue weighted by Gasteiger charge is -2.45. The zero-order chi connectivity index (χ0) is 13.6. The molecule has 0 radical (unpaired) electrons. The van der Waals surface area contributed by atoms with Gasteiger partial charge in [0.1, 0.15) is 0 Å². The predicted molar refractivity (Wildman–Crippen MR) is 79.1 cm³/mol. The lowest BCUT2D eigenvalue weighted by atomic mass is 10.0. The molecule has 1 aliphatic heterocycles. The summed E-state index contributed by atoms with van der Waals surface area (Å²) in [6.45, 7) is 6.90. The minimum Gasteiger partial charge on any atom is -0.323 e. The van der Waals surface area contributed by atoms with Crippen molar-refractivity contribution in [3.8, 4) is 0 Å². The van der Waals surface area contributed by atoms with Crippen LogP contribution in [-0.2, 0) is 6.42 Å². The number of rotatable bonds is 1. The van der Waals surface area contributed by atoms with Crippen molar-refractivity contribution in [2.75, 3.05) is 20.1 Å². The van der Waals surface area contributed by atoms with E-state index in [1.807, 2.05) is 0 Å². The van der Waals surface area contributed by atoms with Gasteiger partial charge in [-0.3, -0.25) is 9.80 Å². The Morgan fingerprint density at radius 2 is 1.74 bits per heavy atom. The summed E-state index contributed by atoms with van der Waals surface area (Å²) in [5, 5.41) is 0. The number of nitrogens with zero attached hydrogens (tertiary/aromatic N) is 2. The SMILES string of the molecule is CC1CN(C2Cc3ccccc3C2N)CC(C)N1C. The summed E-state index contributed by atoms with van der Waals surface area (Å²) in [4.78, 5) is 5.09.